The normalized spacial score (nSPS) is 14.1. The van der Waals surface area contributed by atoms with Crippen LogP contribution in [-0.4, -0.2) is 38.1 Å². The zero-order valence-corrected chi connectivity index (χ0v) is 14.0. The number of nitrogens with zero attached hydrogens (tertiary/aromatic N) is 1. The Kier molecular flexibility index (Phi) is 4.85. The summed E-state index contributed by atoms with van der Waals surface area (Å²) in [5.41, 5.74) is 3.15. The lowest BCUT2D eigenvalue weighted by atomic mass is 9.99. The zero-order valence-electron chi connectivity index (χ0n) is 14.0. The zero-order chi connectivity index (χ0) is 16.9. The molecule has 0 aliphatic carbocycles. The van der Waals surface area contributed by atoms with Gasteiger partial charge in [0.25, 0.3) is 5.91 Å². The second-order valence-corrected chi connectivity index (χ2v) is 5.69. The van der Waals surface area contributed by atoms with E-state index in [-0.39, 0.29) is 5.91 Å². The van der Waals surface area contributed by atoms with Crippen molar-refractivity contribution in [1.29, 1.82) is 0 Å². The molecule has 1 amide bonds. The molecule has 0 N–H and O–H groups in total. The van der Waals surface area contributed by atoms with E-state index in [1.165, 1.54) is 11.1 Å². The van der Waals surface area contributed by atoms with Crippen LogP contribution in [0, 0.1) is 0 Å². The summed E-state index contributed by atoms with van der Waals surface area (Å²) in [4.78, 5) is 14.4. The molecular weight excluding hydrogens is 302 g/mol. The maximum Gasteiger partial charge on any atom is 0.254 e. The number of benzene rings is 2. The van der Waals surface area contributed by atoms with Crippen LogP contribution in [0.15, 0.2) is 54.6 Å². The summed E-state index contributed by atoms with van der Waals surface area (Å²) < 4.78 is 10.3. The first-order valence-electron chi connectivity index (χ1n) is 7.98. The largest absolute Gasteiger partial charge is 0.497 e. The van der Waals surface area contributed by atoms with Crippen molar-refractivity contribution in [3.8, 4) is 11.5 Å². The molecule has 24 heavy (non-hydrogen) atoms. The van der Waals surface area contributed by atoms with Gasteiger partial charge in [0.05, 0.1) is 14.2 Å². The smallest absolute Gasteiger partial charge is 0.254 e. The summed E-state index contributed by atoms with van der Waals surface area (Å²) in [5.74, 6) is 1.67. The molecule has 0 aromatic heterocycles. The third-order valence-corrected chi connectivity index (χ3v) is 4.29. The molecule has 2 aromatic rings. The first-order chi connectivity index (χ1) is 11.7. The van der Waals surface area contributed by atoms with Gasteiger partial charge in [-0.15, -0.1) is 0 Å². The molecule has 0 radical (unpaired) electrons. The van der Waals surface area contributed by atoms with Crippen LogP contribution in [0.3, 0.4) is 0 Å². The molecule has 1 aliphatic heterocycles. The van der Waals surface area contributed by atoms with Gasteiger partial charge < -0.3 is 14.4 Å². The highest BCUT2D eigenvalue weighted by Crippen LogP contribution is 2.25. The highest BCUT2D eigenvalue weighted by Gasteiger charge is 2.19. The van der Waals surface area contributed by atoms with Crippen molar-refractivity contribution in [2.45, 2.75) is 6.42 Å². The fraction of sp³-hybridized carbons (Fsp3) is 0.250. The third-order valence-electron chi connectivity index (χ3n) is 4.29. The molecule has 0 atom stereocenters. The van der Waals surface area contributed by atoms with Gasteiger partial charge in [0.15, 0.2) is 0 Å². The molecular formula is C20H21NO3. The van der Waals surface area contributed by atoms with E-state index in [9.17, 15) is 4.79 Å². The molecule has 0 spiro atoms. The Bertz CT molecular complexity index is 732. The number of ether oxygens (including phenoxy) is 2. The van der Waals surface area contributed by atoms with Crippen LogP contribution in [0.2, 0.25) is 0 Å². The van der Waals surface area contributed by atoms with Crippen molar-refractivity contribution in [3.05, 3.63) is 65.7 Å². The van der Waals surface area contributed by atoms with E-state index in [1.54, 1.807) is 14.2 Å². The lowest BCUT2D eigenvalue weighted by Crippen LogP contribution is -2.34. The Morgan fingerprint density at radius 2 is 1.50 bits per heavy atom. The number of methoxy groups -OCH3 is 2. The maximum atomic E-state index is 12.6. The molecule has 1 aliphatic rings. The molecule has 0 saturated heterocycles. The number of hydrogen-bond donors (Lipinski definition) is 0. The molecule has 0 unspecified atom stereocenters. The van der Waals surface area contributed by atoms with Gasteiger partial charge in [0.1, 0.15) is 11.5 Å². The van der Waals surface area contributed by atoms with Gasteiger partial charge >= 0.3 is 0 Å². The first kappa shape index (κ1) is 16.1. The summed E-state index contributed by atoms with van der Waals surface area (Å²) in [6.07, 6.45) is 2.99. The quantitative estimate of drug-likeness (QED) is 0.862. The number of carbonyl (C=O) groups excluding carboxylic acids is 1. The monoisotopic (exact) mass is 323 g/mol. The SMILES string of the molecule is COc1ccc(C(=O)N2CC=C(c3ccc(OC)cc3)CC2)cc1. The maximum absolute atomic E-state index is 12.6. The fourth-order valence-electron chi connectivity index (χ4n) is 2.84. The second-order valence-electron chi connectivity index (χ2n) is 5.69. The summed E-state index contributed by atoms with van der Waals surface area (Å²) in [5, 5.41) is 0. The molecule has 0 fully saturated rings. The number of amides is 1. The van der Waals surface area contributed by atoms with Gasteiger partial charge in [-0.05, 0) is 54.0 Å². The van der Waals surface area contributed by atoms with Crippen molar-refractivity contribution in [2.24, 2.45) is 0 Å². The van der Waals surface area contributed by atoms with Crippen molar-refractivity contribution in [2.75, 3.05) is 27.3 Å². The predicted octanol–water partition coefficient (Wildman–Crippen LogP) is 3.63. The van der Waals surface area contributed by atoms with Crippen LogP contribution in [0.5, 0.6) is 11.5 Å². The van der Waals surface area contributed by atoms with E-state index in [2.05, 4.69) is 18.2 Å². The number of hydrogen-bond acceptors (Lipinski definition) is 3. The average molecular weight is 323 g/mol. The van der Waals surface area contributed by atoms with Gasteiger partial charge in [0, 0.05) is 18.7 Å². The van der Waals surface area contributed by atoms with Crippen molar-refractivity contribution in [1.82, 2.24) is 4.90 Å². The second kappa shape index (κ2) is 7.21. The molecule has 0 bridgehead atoms. The van der Waals surface area contributed by atoms with Gasteiger partial charge in [-0.25, -0.2) is 0 Å². The molecule has 124 valence electrons. The molecule has 4 heteroatoms. The minimum Gasteiger partial charge on any atom is -0.497 e. The van der Waals surface area contributed by atoms with Crippen LogP contribution in [-0.2, 0) is 0 Å². The van der Waals surface area contributed by atoms with Gasteiger partial charge in [-0.3, -0.25) is 4.79 Å². The van der Waals surface area contributed by atoms with Crippen molar-refractivity contribution < 1.29 is 14.3 Å². The first-order valence-corrected chi connectivity index (χ1v) is 7.98. The van der Waals surface area contributed by atoms with Gasteiger partial charge in [0.2, 0.25) is 0 Å². The summed E-state index contributed by atoms with van der Waals surface area (Å²) in [6.45, 7) is 1.36. The highest BCUT2D eigenvalue weighted by molar-refractivity contribution is 5.95. The Balaban J connectivity index is 1.68. The Hall–Kier alpha value is -2.75. The van der Waals surface area contributed by atoms with E-state index in [1.807, 2.05) is 41.3 Å². The lowest BCUT2D eigenvalue weighted by molar-refractivity contribution is 0.0773. The standard InChI is InChI=1S/C20H21NO3/c1-23-18-7-3-15(4-8-18)16-11-13-21(14-12-16)20(22)17-5-9-19(24-2)10-6-17/h3-11H,12-14H2,1-2H3. The average Bonchev–Trinajstić information content (AvgIpc) is 2.68. The predicted molar refractivity (Wildman–Crippen MR) is 94.5 cm³/mol. The topological polar surface area (TPSA) is 38.8 Å². The van der Waals surface area contributed by atoms with Crippen molar-refractivity contribution in [3.63, 3.8) is 0 Å². The minimum atomic E-state index is 0.0580. The van der Waals surface area contributed by atoms with E-state index in [4.69, 9.17) is 9.47 Å². The van der Waals surface area contributed by atoms with Crippen LogP contribution < -0.4 is 9.47 Å². The van der Waals surface area contributed by atoms with E-state index in [0.29, 0.717) is 12.1 Å². The molecule has 0 saturated carbocycles. The Morgan fingerprint density at radius 1 is 0.917 bits per heavy atom. The summed E-state index contributed by atoms with van der Waals surface area (Å²) in [7, 11) is 3.28. The Labute approximate surface area is 142 Å². The van der Waals surface area contributed by atoms with E-state index < -0.39 is 0 Å². The number of carbonyl (C=O) groups is 1. The van der Waals surface area contributed by atoms with Crippen LogP contribution in [0.25, 0.3) is 5.57 Å². The molecule has 3 rings (SSSR count). The summed E-state index contributed by atoms with van der Waals surface area (Å²) in [6, 6.07) is 15.3. The van der Waals surface area contributed by atoms with E-state index in [0.717, 1.165) is 24.5 Å². The van der Waals surface area contributed by atoms with Crippen LogP contribution in [0.4, 0.5) is 0 Å². The molecule has 4 nitrogen and oxygen atoms in total. The fourth-order valence-corrected chi connectivity index (χ4v) is 2.84. The lowest BCUT2D eigenvalue weighted by Gasteiger charge is -2.27. The number of rotatable bonds is 4. The Morgan fingerprint density at radius 3 is 2.00 bits per heavy atom. The summed E-state index contributed by atoms with van der Waals surface area (Å²) >= 11 is 0. The van der Waals surface area contributed by atoms with E-state index >= 15 is 0 Å². The minimum absolute atomic E-state index is 0.0580. The van der Waals surface area contributed by atoms with Crippen molar-refractivity contribution >= 4 is 11.5 Å². The van der Waals surface area contributed by atoms with Gasteiger partial charge in [-0.2, -0.15) is 0 Å². The van der Waals surface area contributed by atoms with Gasteiger partial charge in [-0.1, -0.05) is 18.2 Å². The van der Waals surface area contributed by atoms with Crippen LogP contribution >= 0.6 is 0 Å². The van der Waals surface area contributed by atoms with Crippen LogP contribution in [0.1, 0.15) is 22.3 Å². The highest BCUT2D eigenvalue weighted by atomic mass is 16.5. The molecule has 2 aromatic carbocycles. The molecule has 1 heterocycles. The third kappa shape index (κ3) is 3.43.